The minimum Gasteiger partial charge on any atom is -0.392 e. The molecule has 0 radical (unpaired) electrons. The number of hydrogen-bond donors (Lipinski definition) is 1. The lowest BCUT2D eigenvalue weighted by molar-refractivity contribution is -0.225. The third-order valence-electron chi connectivity index (χ3n) is 6.11. The Hall–Kier alpha value is -2.24. The first kappa shape index (κ1) is 25.4. The maximum atomic E-state index is 10.8. The average Bonchev–Trinajstić information content (AvgIpc) is 2.84. The van der Waals surface area contributed by atoms with Gasteiger partial charge in [-0.25, -0.2) is 0 Å². The van der Waals surface area contributed by atoms with Gasteiger partial charge in [-0.3, -0.25) is 0 Å². The third-order valence-corrected chi connectivity index (χ3v) is 6.11. The lowest BCUT2D eigenvalue weighted by atomic mass is 9.92. The van der Waals surface area contributed by atoms with Gasteiger partial charge in [-0.15, -0.1) is 0 Å². The van der Waals surface area contributed by atoms with Crippen molar-refractivity contribution in [2.45, 2.75) is 52.8 Å². The largest absolute Gasteiger partial charge is 0.392 e. The summed E-state index contributed by atoms with van der Waals surface area (Å²) in [6, 6.07) is 20.2. The van der Waals surface area contributed by atoms with Crippen molar-refractivity contribution in [2.75, 3.05) is 13.2 Å². The van der Waals surface area contributed by atoms with Crippen LogP contribution in [0, 0.1) is 17.8 Å². The fraction of sp³-hybridized carbons (Fsp3) is 0.448. The van der Waals surface area contributed by atoms with Crippen LogP contribution in [0.3, 0.4) is 0 Å². The Morgan fingerprint density at radius 3 is 2.45 bits per heavy atom. The van der Waals surface area contributed by atoms with E-state index in [2.05, 4.69) is 39.0 Å². The molecule has 6 atom stereocenters. The monoisotopic (exact) mass is 450 g/mol. The van der Waals surface area contributed by atoms with Crippen molar-refractivity contribution >= 4 is 0 Å². The summed E-state index contributed by atoms with van der Waals surface area (Å²) in [5, 5.41) is 10.8. The molecule has 2 aromatic rings. The summed E-state index contributed by atoms with van der Waals surface area (Å²) in [4.78, 5) is 0. The molecule has 0 aromatic heterocycles. The quantitative estimate of drug-likeness (QED) is 0.445. The molecule has 1 fully saturated rings. The van der Waals surface area contributed by atoms with E-state index in [-0.39, 0.29) is 30.1 Å². The Morgan fingerprint density at radius 2 is 1.76 bits per heavy atom. The molecule has 178 valence electrons. The number of hydrogen-bond acceptors (Lipinski definition) is 4. The second kappa shape index (κ2) is 12.9. The van der Waals surface area contributed by atoms with Crippen LogP contribution < -0.4 is 0 Å². The molecule has 0 spiro atoms. The van der Waals surface area contributed by atoms with E-state index in [0.717, 1.165) is 16.7 Å². The van der Waals surface area contributed by atoms with Crippen LogP contribution >= 0.6 is 0 Å². The standard InChI is InChI=1S/C29H38O4/c1-21(15-16-27-23(3)19-32-29(33-27)26-13-9-6-10-14-26)17-22(2)28(30)24(4)18-31-20-25-11-7-5-8-12-25/h5-17,22-24,27-30H,18-20H2,1-4H3/b16-15+,21-17+/t22-,23+,24+,27-,28-,29+/m0/s1. The zero-order valence-corrected chi connectivity index (χ0v) is 20.3. The molecule has 33 heavy (non-hydrogen) atoms. The van der Waals surface area contributed by atoms with Gasteiger partial charge < -0.3 is 19.3 Å². The Morgan fingerprint density at radius 1 is 1.09 bits per heavy atom. The minimum atomic E-state index is -0.468. The lowest BCUT2D eigenvalue weighted by Crippen LogP contribution is -2.33. The van der Waals surface area contributed by atoms with E-state index < -0.39 is 6.10 Å². The number of aliphatic hydroxyl groups excluding tert-OH is 1. The highest BCUT2D eigenvalue weighted by atomic mass is 16.7. The summed E-state index contributed by atoms with van der Waals surface area (Å²) in [7, 11) is 0. The molecule has 2 aromatic carbocycles. The molecular formula is C29H38O4. The molecule has 1 heterocycles. The fourth-order valence-corrected chi connectivity index (χ4v) is 4.04. The highest BCUT2D eigenvalue weighted by molar-refractivity contribution is 5.20. The molecule has 0 aliphatic carbocycles. The van der Waals surface area contributed by atoms with Gasteiger partial charge in [-0.05, 0) is 12.5 Å². The van der Waals surface area contributed by atoms with E-state index in [9.17, 15) is 5.11 Å². The maximum absolute atomic E-state index is 10.8. The summed E-state index contributed by atoms with van der Waals surface area (Å²) < 4.78 is 17.9. The molecule has 0 amide bonds. The smallest absolute Gasteiger partial charge is 0.184 e. The van der Waals surface area contributed by atoms with E-state index in [0.29, 0.717) is 19.8 Å². The van der Waals surface area contributed by atoms with Gasteiger partial charge in [0.15, 0.2) is 6.29 Å². The molecule has 0 unspecified atom stereocenters. The van der Waals surface area contributed by atoms with Crippen molar-refractivity contribution in [1.82, 2.24) is 0 Å². The highest BCUT2D eigenvalue weighted by Crippen LogP contribution is 2.30. The molecule has 0 bridgehead atoms. The van der Waals surface area contributed by atoms with Gasteiger partial charge in [0.05, 0.1) is 32.0 Å². The first-order chi connectivity index (χ1) is 15.9. The van der Waals surface area contributed by atoms with E-state index in [1.807, 2.05) is 67.6 Å². The Balaban J connectivity index is 1.49. The number of benzene rings is 2. The van der Waals surface area contributed by atoms with Gasteiger partial charge in [0.1, 0.15) is 0 Å². The van der Waals surface area contributed by atoms with Crippen LogP contribution in [0.25, 0.3) is 0 Å². The van der Waals surface area contributed by atoms with Crippen molar-refractivity contribution in [2.24, 2.45) is 17.8 Å². The van der Waals surface area contributed by atoms with Crippen LogP contribution in [0.1, 0.15) is 45.1 Å². The molecule has 1 saturated heterocycles. The molecule has 4 heteroatoms. The predicted octanol–water partition coefficient (Wildman–Crippen LogP) is 6.09. The van der Waals surface area contributed by atoms with Gasteiger partial charge in [-0.2, -0.15) is 0 Å². The van der Waals surface area contributed by atoms with Crippen molar-refractivity contribution < 1.29 is 19.3 Å². The van der Waals surface area contributed by atoms with Crippen molar-refractivity contribution in [1.29, 1.82) is 0 Å². The van der Waals surface area contributed by atoms with E-state index in [4.69, 9.17) is 14.2 Å². The van der Waals surface area contributed by atoms with Crippen LogP contribution in [0.15, 0.2) is 84.5 Å². The molecule has 1 N–H and O–H groups in total. The predicted molar refractivity (Wildman–Crippen MR) is 133 cm³/mol. The van der Waals surface area contributed by atoms with Crippen molar-refractivity contribution in [3.8, 4) is 0 Å². The summed E-state index contributed by atoms with van der Waals surface area (Å²) in [6.07, 6.45) is 5.50. The average molecular weight is 451 g/mol. The highest BCUT2D eigenvalue weighted by Gasteiger charge is 2.28. The van der Waals surface area contributed by atoms with Gasteiger partial charge in [0.25, 0.3) is 0 Å². The summed E-state index contributed by atoms with van der Waals surface area (Å²) in [6.45, 7) is 10.0. The first-order valence-electron chi connectivity index (χ1n) is 11.9. The zero-order chi connectivity index (χ0) is 23.6. The Kier molecular flexibility index (Phi) is 9.89. The molecular weight excluding hydrogens is 412 g/mol. The van der Waals surface area contributed by atoms with Crippen LogP contribution in [0.4, 0.5) is 0 Å². The molecule has 4 nitrogen and oxygen atoms in total. The number of aliphatic hydroxyl groups is 1. The minimum absolute atomic E-state index is 0.0159. The topological polar surface area (TPSA) is 47.9 Å². The summed E-state index contributed by atoms with van der Waals surface area (Å²) in [5.41, 5.74) is 3.29. The first-order valence-corrected chi connectivity index (χ1v) is 11.9. The van der Waals surface area contributed by atoms with Gasteiger partial charge >= 0.3 is 0 Å². The van der Waals surface area contributed by atoms with Crippen molar-refractivity contribution in [3.05, 3.63) is 95.6 Å². The summed E-state index contributed by atoms with van der Waals surface area (Å²) >= 11 is 0. The second-order valence-corrected chi connectivity index (χ2v) is 9.25. The van der Waals surface area contributed by atoms with E-state index >= 15 is 0 Å². The molecule has 3 rings (SSSR count). The van der Waals surface area contributed by atoms with E-state index in [1.54, 1.807) is 0 Å². The maximum Gasteiger partial charge on any atom is 0.184 e. The van der Waals surface area contributed by atoms with Crippen LogP contribution in [-0.2, 0) is 20.8 Å². The zero-order valence-electron chi connectivity index (χ0n) is 20.3. The number of rotatable bonds is 10. The Bertz CT molecular complexity index is 877. The molecule has 1 aliphatic heterocycles. The van der Waals surface area contributed by atoms with Crippen molar-refractivity contribution in [3.63, 3.8) is 0 Å². The lowest BCUT2D eigenvalue weighted by Gasteiger charge is -2.33. The van der Waals surface area contributed by atoms with Gasteiger partial charge in [0.2, 0.25) is 0 Å². The van der Waals surface area contributed by atoms with E-state index in [1.165, 1.54) is 0 Å². The van der Waals surface area contributed by atoms with Gasteiger partial charge in [0, 0.05) is 23.3 Å². The van der Waals surface area contributed by atoms with Gasteiger partial charge in [-0.1, -0.05) is 105 Å². The molecule has 0 saturated carbocycles. The number of ether oxygens (including phenoxy) is 3. The normalized spacial score (nSPS) is 24.5. The third kappa shape index (κ3) is 7.94. The second-order valence-electron chi connectivity index (χ2n) is 9.25. The molecule has 1 aliphatic rings. The van der Waals surface area contributed by atoms with Crippen LogP contribution in [0.2, 0.25) is 0 Å². The Labute approximate surface area is 198 Å². The van der Waals surface area contributed by atoms with Crippen LogP contribution in [-0.4, -0.2) is 30.5 Å². The number of allylic oxidation sites excluding steroid dienone is 2. The fourth-order valence-electron chi connectivity index (χ4n) is 4.04. The SMILES string of the molecule is CC(/C=C/[C@@H]1O[C@H](c2ccccc2)OC[C@H]1C)=C\[C@H](C)[C@H](O)[C@H](C)COCc1ccccc1. The summed E-state index contributed by atoms with van der Waals surface area (Å²) in [5.74, 6) is 0.344. The van der Waals surface area contributed by atoms with Crippen LogP contribution in [0.5, 0.6) is 0 Å².